The zero-order valence-electron chi connectivity index (χ0n) is 18.8. The zero-order chi connectivity index (χ0) is 20.7. The van der Waals surface area contributed by atoms with Crippen LogP contribution in [0.3, 0.4) is 0 Å². The first-order chi connectivity index (χ1) is 14.2. The van der Waals surface area contributed by atoms with Gasteiger partial charge < -0.3 is 20.3 Å². The summed E-state index contributed by atoms with van der Waals surface area (Å²) in [6, 6.07) is 0. The molecule has 2 fully saturated rings. The molecule has 2 N–H and O–H groups in total. The number of ether oxygens (including phenoxy) is 1. The molecule has 0 atom stereocenters. The fourth-order valence-electron chi connectivity index (χ4n) is 4.00. The number of hydrogen-bond acceptors (Lipinski definition) is 4. The largest absolute Gasteiger partial charge is 0.381 e. The predicted octanol–water partition coefficient (Wildman–Crippen LogP) is 2.08. The molecule has 7 heteroatoms. The third-order valence-electron chi connectivity index (χ3n) is 5.81. The second kappa shape index (κ2) is 14.6. The van der Waals surface area contributed by atoms with Crippen LogP contribution in [0.5, 0.6) is 0 Å². The Morgan fingerprint density at radius 2 is 1.76 bits per heavy atom. The Morgan fingerprint density at radius 3 is 2.45 bits per heavy atom. The first kappa shape index (κ1) is 23.9. The highest BCUT2D eigenvalue weighted by molar-refractivity contribution is 5.80. The van der Waals surface area contributed by atoms with E-state index in [1.165, 1.54) is 19.3 Å². The van der Waals surface area contributed by atoms with Crippen molar-refractivity contribution < 1.29 is 9.53 Å². The monoisotopic (exact) mass is 409 g/mol. The molecule has 1 amide bonds. The van der Waals surface area contributed by atoms with Crippen molar-refractivity contribution in [2.45, 2.75) is 58.8 Å². The second-order valence-electron chi connectivity index (χ2n) is 8.16. The van der Waals surface area contributed by atoms with E-state index < -0.39 is 0 Å². The van der Waals surface area contributed by atoms with Gasteiger partial charge in [0.15, 0.2) is 5.96 Å². The lowest BCUT2D eigenvalue weighted by Gasteiger charge is -2.36. The molecule has 0 bridgehead atoms. The number of nitrogens with zero attached hydrogens (tertiary/aromatic N) is 3. The summed E-state index contributed by atoms with van der Waals surface area (Å²) in [5.74, 6) is 1.59. The Labute approximate surface area is 177 Å². The Bertz CT molecular complexity index is 472. The van der Waals surface area contributed by atoms with Gasteiger partial charge in [-0.3, -0.25) is 14.7 Å². The Balaban J connectivity index is 1.58. The highest BCUT2D eigenvalue weighted by Gasteiger charge is 2.29. The van der Waals surface area contributed by atoms with Gasteiger partial charge >= 0.3 is 0 Å². The third-order valence-corrected chi connectivity index (χ3v) is 5.81. The number of hydrogen-bond donors (Lipinski definition) is 2. The molecule has 0 aromatic heterocycles. The van der Waals surface area contributed by atoms with Crippen molar-refractivity contribution in [3.63, 3.8) is 0 Å². The summed E-state index contributed by atoms with van der Waals surface area (Å²) in [6.07, 6.45) is 7.92. The molecule has 29 heavy (non-hydrogen) atoms. The quantitative estimate of drug-likeness (QED) is 0.293. The maximum Gasteiger partial charge on any atom is 0.225 e. The molecule has 0 unspecified atom stereocenters. The Kier molecular flexibility index (Phi) is 12.1. The fourth-order valence-corrected chi connectivity index (χ4v) is 4.00. The standard InChI is InChI=1S/C22H43N5O2/c1-3-5-18-29-19-8-11-24-22(23-4-2)25-12-13-26-14-16-27(17-15-26)21(28)20-9-6-7-10-20/h20H,3-19H2,1-2H3,(H2,23,24,25). The number of aliphatic imine (C=N–C) groups is 1. The van der Waals surface area contributed by atoms with Gasteiger partial charge in [-0.1, -0.05) is 26.2 Å². The second-order valence-corrected chi connectivity index (χ2v) is 8.16. The number of guanidine groups is 1. The number of carbonyl (C=O) groups is 1. The van der Waals surface area contributed by atoms with Gasteiger partial charge in [-0.15, -0.1) is 0 Å². The number of carbonyl (C=O) groups excluding carboxylic acids is 1. The van der Waals surface area contributed by atoms with Gasteiger partial charge in [0.1, 0.15) is 0 Å². The van der Waals surface area contributed by atoms with Crippen molar-refractivity contribution in [3.05, 3.63) is 0 Å². The highest BCUT2D eigenvalue weighted by Crippen LogP contribution is 2.26. The van der Waals surface area contributed by atoms with Crippen molar-refractivity contribution >= 4 is 11.9 Å². The average molecular weight is 410 g/mol. The van der Waals surface area contributed by atoms with Crippen molar-refractivity contribution in [2.24, 2.45) is 10.9 Å². The molecule has 0 spiro atoms. The molecule has 2 rings (SSSR count). The first-order valence-corrected chi connectivity index (χ1v) is 11.9. The summed E-state index contributed by atoms with van der Waals surface area (Å²) in [5, 5.41) is 6.75. The normalized spacial score (nSPS) is 19.0. The van der Waals surface area contributed by atoms with E-state index in [2.05, 4.69) is 39.3 Å². The van der Waals surface area contributed by atoms with Gasteiger partial charge in [-0.05, 0) is 32.6 Å². The SMILES string of the molecule is CCCCOCCCN=C(NCC)NCCN1CCN(C(=O)C2CCCC2)CC1. The van der Waals surface area contributed by atoms with Gasteiger partial charge in [0.2, 0.25) is 5.91 Å². The van der Waals surface area contributed by atoms with Crippen LogP contribution in [-0.2, 0) is 9.53 Å². The number of piperazine rings is 1. The molecule has 168 valence electrons. The molecule has 1 aliphatic carbocycles. The van der Waals surface area contributed by atoms with Gasteiger partial charge in [0.25, 0.3) is 0 Å². The Morgan fingerprint density at radius 1 is 1.03 bits per heavy atom. The van der Waals surface area contributed by atoms with Crippen molar-refractivity contribution in [3.8, 4) is 0 Å². The minimum Gasteiger partial charge on any atom is -0.381 e. The maximum absolute atomic E-state index is 12.5. The predicted molar refractivity (Wildman–Crippen MR) is 119 cm³/mol. The zero-order valence-corrected chi connectivity index (χ0v) is 18.8. The molecule has 2 aliphatic rings. The van der Waals surface area contributed by atoms with Crippen LogP contribution < -0.4 is 10.6 Å². The van der Waals surface area contributed by atoms with E-state index in [1.54, 1.807) is 0 Å². The molecular formula is C22H43N5O2. The van der Waals surface area contributed by atoms with E-state index >= 15 is 0 Å². The van der Waals surface area contributed by atoms with Gasteiger partial charge in [0.05, 0.1) is 0 Å². The molecule has 1 saturated heterocycles. The number of amides is 1. The lowest BCUT2D eigenvalue weighted by atomic mass is 10.1. The number of unbranched alkanes of at least 4 members (excludes halogenated alkanes) is 1. The smallest absolute Gasteiger partial charge is 0.225 e. The molecule has 7 nitrogen and oxygen atoms in total. The van der Waals surface area contributed by atoms with Crippen molar-refractivity contribution in [2.75, 3.05) is 65.6 Å². The summed E-state index contributed by atoms with van der Waals surface area (Å²) in [4.78, 5) is 21.7. The molecule has 0 aromatic carbocycles. The van der Waals surface area contributed by atoms with E-state index in [-0.39, 0.29) is 0 Å². The lowest BCUT2D eigenvalue weighted by molar-refractivity contribution is -0.137. The topological polar surface area (TPSA) is 69.2 Å². The average Bonchev–Trinajstić information content (AvgIpc) is 3.28. The van der Waals surface area contributed by atoms with E-state index in [1.807, 2.05) is 0 Å². The maximum atomic E-state index is 12.5. The van der Waals surface area contributed by atoms with E-state index in [9.17, 15) is 4.79 Å². The van der Waals surface area contributed by atoms with Crippen molar-refractivity contribution in [1.29, 1.82) is 0 Å². The molecule has 1 aliphatic heterocycles. The Hall–Kier alpha value is -1.34. The summed E-state index contributed by atoms with van der Waals surface area (Å²) < 4.78 is 5.59. The van der Waals surface area contributed by atoms with Crippen LogP contribution in [0.25, 0.3) is 0 Å². The van der Waals surface area contributed by atoms with Crippen LogP contribution in [0.4, 0.5) is 0 Å². The van der Waals surface area contributed by atoms with E-state index in [0.29, 0.717) is 11.8 Å². The minimum atomic E-state index is 0.305. The summed E-state index contributed by atoms with van der Waals surface area (Å²) in [6.45, 7) is 13.1. The van der Waals surface area contributed by atoms with Crippen LogP contribution in [0, 0.1) is 5.92 Å². The highest BCUT2D eigenvalue weighted by atomic mass is 16.5. The van der Waals surface area contributed by atoms with Crippen LogP contribution in [0.15, 0.2) is 4.99 Å². The fraction of sp³-hybridized carbons (Fsp3) is 0.909. The van der Waals surface area contributed by atoms with Gasteiger partial charge in [-0.2, -0.15) is 0 Å². The molecule has 1 saturated carbocycles. The lowest BCUT2D eigenvalue weighted by Crippen LogP contribution is -2.51. The third kappa shape index (κ3) is 9.34. The van der Waals surface area contributed by atoms with E-state index in [4.69, 9.17) is 4.74 Å². The van der Waals surface area contributed by atoms with Gasteiger partial charge in [0, 0.05) is 71.5 Å². The first-order valence-electron chi connectivity index (χ1n) is 11.9. The van der Waals surface area contributed by atoms with Crippen LogP contribution >= 0.6 is 0 Å². The molecule has 1 heterocycles. The summed E-state index contributed by atoms with van der Waals surface area (Å²) >= 11 is 0. The molecule has 0 aromatic rings. The minimum absolute atomic E-state index is 0.305. The number of nitrogens with one attached hydrogen (secondary N) is 2. The van der Waals surface area contributed by atoms with Crippen LogP contribution in [-0.4, -0.2) is 87.2 Å². The van der Waals surface area contributed by atoms with Crippen LogP contribution in [0.2, 0.25) is 0 Å². The van der Waals surface area contributed by atoms with Crippen LogP contribution in [0.1, 0.15) is 58.8 Å². The molecular weight excluding hydrogens is 366 g/mol. The number of rotatable bonds is 12. The van der Waals surface area contributed by atoms with E-state index in [0.717, 1.165) is 97.2 Å². The van der Waals surface area contributed by atoms with Gasteiger partial charge in [-0.25, -0.2) is 0 Å². The molecule has 0 radical (unpaired) electrons. The summed E-state index contributed by atoms with van der Waals surface area (Å²) in [7, 11) is 0. The van der Waals surface area contributed by atoms with Crippen molar-refractivity contribution in [1.82, 2.24) is 20.4 Å². The summed E-state index contributed by atoms with van der Waals surface area (Å²) in [5.41, 5.74) is 0.